The molecule has 3 rings (SSSR count). The fraction of sp³-hybridized carbons (Fsp3) is 0.400. The molecular formula is C20H23N3O7. The zero-order valence-electron chi connectivity index (χ0n) is 17.2. The van der Waals surface area contributed by atoms with Gasteiger partial charge >= 0.3 is 12.0 Å². The number of amides is 4. The number of imide groups is 1. The number of fused-ring (bicyclic) bond motifs is 1. The van der Waals surface area contributed by atoms with Gasteiger partial charge in [-0.05, 0) is 45.4 Å². The zero-order chi connectivity index (χ0) is 22.1. The molecule has 10 nitrogen and oxygen atoms in total. The van der Waals surface area contributed by atoms with Crippen molar-refractivity contribution in [3.8, 4) is 5.75 Å². The molecule has 1 saturated heterocycles. The van der Waals surface area contributed by atoms with E-state index in [1.807, 2.05) is 6.92 Å². The highest BCUT2D eigenvalue weighted by molar-refractivity contribution is 6.07. The number of hydrazine groups is 1. The van der Waals surface area contributed by atoms with Crippen LogP contribution < -0.4 is 15.5 Å². The fourth-order valence-corrected chi connectivity index (χ4v) is 3.03. The monoisotopic (exact) mass is 417 g/mol. The first-order valence-electron chi connectivity index (χ1n) is 9.49. The van der Waals surface area contributed by atoms with Gasteiger partial charge in [0.2, 0.25) is 5.76 Å². The molecule has 1 aliphatic rings. The van der Waals surface area contributed by atoms with Crippen molar-refractivity contribution in [2.45, 2.75) is 39.7 Å². The van der Waals surface area contributed by atoms with E-state index in [0.29, 0.717) is 40.3 Å². The lowest BCUT2D eigenvalue weighted by Crippen LogP contribution is -2.49. The van der Waals surface area contributed by atoms with Gasteiger partial charge in [0.05, 0.1) is 6.61 Å². The van der Waals surface area contributed by atoms with E-state index in [4.69, 9.17) is 13.9 Å². The quantitative estimate of drug-likeness (QED) is 0.521. The van der Waals surface area contributed by atoms with Crippen molar-refractivity contribution < 1.29 is 33.1 Å². The van der Waals surface area contributed by atoms with Crippen LogP contribution in [-0.4, -0.2) is 47.6 Å². The molecule has 1 atom stereocenters. The highest BCUT2D eigenvalue weighted by atomic mass is 16.5. The van der Waals surface area contributed by atoms with Gasteiger partial charge in [-0.3, -0.25) is 15.0 Å². The number of rotatable bonds is 7. The highest BCUT2D eigenvalue weighted by Crippen LogP contribution is 2.29. The molecule has 160 valence electrons. The van der Waals surface area contributed by atoms with Crippen LogP contribution in [0, 0.1) is 6.92 Å². The first-order chi connectivity index (χ1) is 14.2. The summed E-state index contributed by atoms with van der Waals surface area (Å²) in [5.74, 6) is -1.67. The Balaban J connectivity index is 1.64. The van der Waals surface area contributed by atoms with E-state index >= 15 is 0 Å². The Morgan fingerprint density at radius 3 is 2.63 bits per heavy atom. The standard InChI is InChI=1S/C20H23N3O7/c1-5-20(4)18(26)23(19(27)21-20)22-15(24)10-29-17(25)16-11(3)13-9-12(28-6-2)7-8-14(13)30-16/h7-9H,5-6,10H2,1-4H3,(H,21,27)(H,22,24). The molecule has 10 heteroatoms. The van der Waals surface area contributed by atoms with Gasteiger partial charge in [-0.15, -0.1) is 0 Å². The summed E-state index contributed by atoms with van der Waals surface area (Å²) >= 11 is 0. The molecule has 2 N–H and O–H groups in total. The molecular weight excluding hydrogens is 394 g/mol. The number of nitrogens with one attached hydrogen (secondary N) is 2. The van der Waals surface area contributed by atoms with Crippen molar-refractivity contribution in [3.05, 3.63) is 29.5 Å². The van der Waals surface area contributed by atoms with Crippen LogP contribution in [0.2, 0.25) is 0 Å². The van der Waals surface area contributed by atoms with Crippen LogP contribution in [0.15, 0.2) is 22.6 Å². The zero-order valence-corrected chi connectivity index (χ0v) is 17.2. The third-order valence-corrected chi connectivity index (χ3v) is 4.94. The number of carbonyl (C=O) groups is 4. The van der Waals surface area contributed by atoms with Gasteiger partial charge in [0.1, 0.15) is 16.9 Å². The van der Waals surface area contributed by atoms with Crippen LogP contribution in [0.25, 0.3) is 11.0 Å². The lowest BCUT2D eigenvalue weighted by Gasteiger charge is -2.19. The van der Waals surface area contributed by atoms with E-state index in [-0.39, 0.29) is 5.76 Å². The average molecular weight is 417 g/mol. The summed E-state index contributed by atoms with van der Waals surface area (Å²) in [6, 6.07) is 4.41. The minimum Gasteiger partial charge on any atom is -0.494 e. The smallest absolute Gasteiger partial charge is 0.375 e. The molecule has 0 spiro atoms. The molecule has 1 aromatic carbocycles. The van der Waals surface area contributed by atoms with Gasteiger partial charge in [0.15, 0.2) is 6.61 Å². The SMILES string of the molecule is CCOc1ccc2oc(C(=O)OCC(=O)NN3C(=O)NC(C)(CC)C3=O)c(C)c2c1. The number of urea groups is 1. The third-order valence-electron chi connectivity index (χ3n) is 4.94. The Labute approximate surface area is 172 Å². The van der Waals surface area contributed by atoms with Crippen molar-refractivity contribution >= 4 is 34.8 Å². The summed E-state index contributed by atoms with van der Waals surface area (Å²) in [5.41, 5.74) is 2.08. The fourth-order valence-electron chi connectivity index (χ4n) is 3.03. The van der Waals surface area contributed by atoms with Gasteiger partial charge < -0.3 is 19.2 Å². The highest BCUT2D eigenvalue weighted by Gasteiger charge is 2.47. The van der Waals surface area contributed by atoms with Crippen LogP contribution in [0.5, 0.6) is 5.75 Å². The average Bonchev–Trinajstić information content (AvgIpc) is 3.16. The Morgan fingerprint density at radius 1 is 1.27 bits per heavy atom. The van der Waals surface area contributed by atoms with E-state index in [2.05, 4.69) is 10.7 Å². The predicted octanol–water partition coefficient (Wildman–Crippen LogP) is 2.05. The summed E-state index contributed by atoms with van der Waals surface area (Å²) < 4.78 is 16.0. The molecule has 1 aromatic heterocycles. The van der Waals surface area contributed by atoms with E-state index in [0.717, 1.165) is 0 Å². The first kappa shape index (κ1) is 21.2. The summed E-state index contributed by atoms with van der Waals surface area (Å²) in [4.78, 5) is 48.7. The second-order valence-corrected chi connectivity index (χ2v) is 7.01. The van der Waals surface area contributed by atoms with Gasteiger partial charge in [0.25, 0.3) is 11.8 Å². The molecule has 2 heterocycles. The van der Waals surface area contributed by atoms with Crippen molar-refractivity contribution in [1.82, 2.24) is 15.8 Å². The second kappa shape index (κ2) is 8.05. The molecule has 0 saturated carbocycles. The summed E-state index contributed by atoms with van der Waals surface area (Å²) in [7, 11) is 0. The number of furan rings is 1. The van der Waals surface area contributed by atoms with Gasteiger partial charge in [-0.2, -0.15) is 5.01 Å². The van der Waals surface area contributed by atoms with Gasteiger partial charge in [-0.25, -0.2) is 9.59 Å². The Morgan fingerprint density at radius 2 is 2.00 bits per heavy atom. The number of nitrogens with zero attached hydrogens (tertiary/aromatic N) is 1. The molecule has 4 amide bonds. The Bertz CT molecular complexity index is 1030. The molecule has 30 heavy (non-hydrogen) atoms. The predicted molar refractivity (Wildman–Crippen MR) is 105 cm³/mol. The van der Waals surface area contributed by atoms with Crippen LogP contribution in [0.4, 0.5) is 4.79 Å². The molecule has 1 aliphatic heterocycles. The number of esters is 1. The van der Waals surface area contributed by atoms with Crippen molar-refractivity contribution in [2.24, 2.45) is 0 Å². The lowest BCUT2D eigenvalue weighted by molar-refractivity contribution is -0.139. The van der Waals surface area contributed by atoms with Crippen molar-refractivity contribution in [3.63, 3.8) is 0 Å². The van der Waals surface area contributed by atoms with Crippen LogP contribution in [-0.2, 0) is 14.3 Å². The Hall–Kier alpha value is -3.56. The topological polar surface area (TPSA) is 127 Å². The van der Waals surface area contributed by atoms with Crippen LogP contribution in [0.3, 0.4) is 0 Å². The maximum Gasteiger partial charge on any atom is 0.375 e. The first-order valence-corrected chi connectivity index (χ1v) is 9.49. The molecule has 0 radical (unpaired) electrons. The van der Waals surface area contributed by atoms with E-state index in [1.54, 1.807) is 39.0 Å². The molecule has 1 fully saturated rings. The summed E-state index contributed by atoms with van der Waals surface area (Å²) in [5, 5.41) is 3.78. The number of carbonyl (C=O) groups excluding carboxylic acids is 4. The number of benzene rings is 1. The Kier molecular flexibility index (Phi) is 5.68. The van der Waals surface area contributed by atoms with Crippen molar-refractivity contribution in [2.75, 3.05) is 13.2 Å². The number of hydrogen-bond donors (Lipinski definition) is 2. The van der Waals surface area contributed by atoms with E-state index in [1.165, 1.54) is 0 Å². The van der Waals surface area contributed by atoms with Gasteiger partial charge in [-0.1, -0.05) is 6.92 Å². The molecule has 0 bridgehead atoms. The third kappa shape index (κ3) is 3.80. The molecule has 0 aliphatic carbocycles. The van der Waals surface area contributed by atoms with Gasteiger partial charge in [0, 0.05) is 10.9 Å². The summed E-state index contributed by atoms with van der Waals surface area (Å²) in [6.45, 7) is 6.65. The number of aryl methyl sites for hydroxylation is 1. The molecule has 2 aromatic rings. The maximum absolute atomic E-state index is 12.4. The minimum absolute atomic E-state index is 0.0417. The number of ether oxygens (including phenoxy) is 2. The molecule has 1 unspecified atom stereocenters. The van der Waals surface area contributed by atoms with Crippen molar-refractivity contribution in [1.29, 1.82) is 0 Å². The number of hydrogen-bond acceptors (Lipinski definition) is 7. The normalized spacial score (nSPS) is 18.5. The minimum atomic E-state index is -1.09. The van der Waals surface area contributed by atoms with Crippen LogP contribution >= 0.6 is 0 Å². The van der Waals surface area contributed by atoms with E-state index in [9.17, 15) is 19.2 Å². The largest absolute Gasteiger partial charge is 0.494 e. The summed E-state index contributed by atoms with van der Waals surface area (Å²) in [6.07, 6.45) is 0.356. The maximum atomic E-state index is 12.4. The lowest BCUT2D eigenvalue weighted by atomic mass is 10.00. The van der Waals surface area contributed by atoms with E-state index < -0.39 is 36.0 Å². The second-order valence-electron chi connectivity index (χ2n) is 7.01. The van der Waals surface area contributed by atoms with Crippen LogP contribution in [0.1, 0.15) is 43.3 Å².